The van der Waals surface area contributed by atoms with Crippen LogP contribution >= 0.6 is 34.9 Å². The molecule has 1 fully saturated rings. The first-order chi connectivity index (χ1) is 34.3. The summed E-state index contributed by atoms with van der Waals surface area (Å²) in [6.07, 6.45) is 1.64. The molecule has 356 valence electrons. The Morgan fingerprint density at radius 1 is 0.614 bits per heavy atom. The van der Waals surface area contributed by atoms with Crippen LogP contribution < -0.4 is 37.5 Å². The van der Waals surface area contributed by atoms with Gasteiger partial charge in [0.15, 0.2) is 0 Å². The first-order valence-electron chi connectivity index (χ1n) is 22.7. The summed E-state index contributed by atoms with van der Waals surface area (Å²) in [4.78, 5) is 20.2. The van der Waals surface area contributed by atoms with E-state index in [0.717, 1.165) is 24.1 Å². The second-order valence-electron chi connectivity index (χ2n) is 16.2. The smallest absolute Gasteiger partial charge is 0.0134 e. The number of pyridine rings is 1. The third-order valence-electron chi connectivity index (χ3n) is 11.8. The number of benzene rings is 8. The predicted molar refractivity (Wildman–Crippen MR) is 291 cm³/mol. The van der Waals surface area contributed by atoms with Crippen LogP contribution in [0.1, 0.15) is 24.5 Å². The molecular formula is C58H50Cl2FN3O3P2Pd. The molecule has 0 amide bonds. The van der Waals surface area contributed by atoms with E-state index in [2.05, 4.69) is 187 Å². The fourth-order valence-electron chi connectivity index (χ4n) is 8.53. The van der Waals surface area contributed by atoms with Crippen LogP contribution in [0.25, 0.3) is 33.1 Å². The van der Waals surface area contributed by atoms with Gasteiger partial charge in [-0.1, -0.05) is 194 Å². The van der Waals surface area contributed by atoms with E-state index in [1.54, 1.807) is 29.8 Å². The molecule has 1 aliphatic rings. The number of aromatic hydroxyl groups is 1. The molecule has 1 aliphatic heterocycles. The van der Waals surface area contributed by atoms with Crippen LogP contribution in [0.3, 0.4) is 0 Å². The number of H-pyrrole nitrogens is 1. The molecule has 0 unspecified atom stereocenters. The zero-order chi connectivity index (χ0) is 48.7. The molecule has 0 aliphatic carbocycles. The van der Waals surface area contributed by atoms with Gasteiger partial charge in [-0.2, -0.15) is 0 Å². The predicted octanol–water partition coefficient (Wildman–Crippen LogP) is 12.1. The van der Waals surface area contributed by atoms with Crippen molar-refractivity contribution in [2.75, 3.05) is 13.2 Å². The summed E-state index contributed by atoms with van der Waals surface area (Å²) in [5, 5.41) is 18.6. The number of nitrogens with zero attached hydrogens (tertiary/aromatic N) is 2. The Balaban J connectivity index is 0.000000142. The Kier molecular flexibility index (Phi) is 18.4. The van der Waals surface area contributed by atoms with Gasteiger partial charge in [0.2, 0.25) is 0 Å². The van der Waals surface area contributed by atoms with Crippen LogP contribution in [-0.2, 0) is 27.7 Å². The maximum Gasteiger partial charge on any atom is -0.0134 e. The van der Waals surface area contributed by atoms with Gasteiger partial charge in [-0.15, -0.1) is 0 Å². The number of ether oxygens (including phenoxy) is 1. The molecule has 11 rings (SSSR count). The average molecular weight is 1100 g/mol. The minimum absolute atomic E-state index is 0.106. The van der Waals surface area contributed by atoms with Gasteiger partial charge in [0, 0.05) is 43.2 Å². The van der Waals surface area contributed by atoms with E-state index in [9.17, 15) is 14.3 Å². The monoisotopic (exact) mass is 1090 g/mol. The van der Waals surface area contributed by atoms with Crippen LogP contribution in [0, 0.1) is 5.82 Å². The third-order valence-corrected chi connectivity index (χ3v) is 16.7. The molecule has 8 aromatic carbocycles. The van der Waals surface area contributed by atoms with Crippen molar-refractivity contribution >= 4 is 88.7 Å². The Bertz CT molecular complexity index is 2940. The maximum absolute atomic E-state index is 15.0. The van der Waals surface area contributed by atoms with E-state index in [-0.39, 0.29) is 33.3 Å². The van der Waals surface area contributed by atoms with Crippen LogP contribution in [0.4, 0.5) is 4.39 Å². The molecule has 12 heteroatoms. The largest absolute Gasteiger partial charge is 0.0622 e. The number of rotatable bonds is 8. The van der Waals surface area contributed by atoms with Crippen molar-refractivity contribution in [3.8, 4) is 16.9 Å². The molecule has 0 atom stereocenters. The fourth-order valence-corrected chi connectivity index (χ4v) is 13.1. The molecule has 0 spiro atoms. The summed E-state index contributed by atoms with van der Waals surface area (Å²) in [6.45, 7) is 1.30. The number of phenolic OH excluding ortho intramolecular Hbond substituents is 1. The van der Waals surface area contributed by atoms with Gasteiger partial charge < -0.3 is 14.8 Å². The van der Waals surface area contributed by atoms with Crippen LogP contribution in [0.5, 0.6) is 5.75 Å². The van der Waals surface area contributed by atoms with Crippen LogP contribution in [-0.4, -0.2) is 32.9 Å². The summed E-state index contributed by atoms with van der Waals surface area (Å²) in [5.41, 5.74) is 3.57. The fraction of sp³-hybridized carbons (Fsp3) is 0.103. The Morgan fingerprint density at radius 2 is 0.986 bits per heavy atom. The van der Waals surface area contributed by atoms with E-state index in [1.807, 2.05) is 0 Å². The van der Waals surface area contributed by atoms with Crippen molar-refractivity contribution in [3.05, 3.63) is 240 Å². The van der Waals surface area contributed by atoms with Gasteiger partial charge in [0.25, 0.3) is 0 Å². The van der Waals surface area contributed by atoms with Crippen LogP contribution in [0.15, 0.2) is 223 Å². The van der Waals surface area contributed by atoms with Crippen LogP contribution in [0.2, 0.25) is 0 Å². The van der Waals surface area contributed by atoms with Crippen molar-refractivity contribution in [3.63, 3.8) is 0 Å². The number of nitrogens with one attached hydrogen (secondary N) is 1. The van der Waals surface area contributed by atoms with Gasteiger partial charge in [-0.3, -0.25) is 9.55 Å². The van der Waals surface area contributed by atoms with E-state index in [4.69, 9.17) is 28.8 Å². The van der Waals surface area contributed by atoms with Gasteiger partial charge in [-0.05, 0) is 84.3 Å². The summed E-state index contributed by atoms with van der Waals surface area (Å²) < 4.78 is 22.0. The molecule has 1 saturated heterocycles. The second kappa shape index (κ2) is 25.4. The summed E-state index contributed by atoms with van der Waals surface area (Å²) in [6, 6.07) is 74.2. The second-order valence-corrected chi connectivity index (χ2v) is 23.0. The minimum Gasteiger partial charge on any atom is -0.0622 e. The van der Waals surface area contributed by atoms with E-state index in [0.29, 0.717) is 40.8 Å². The Morgan fingerprint density at radius 3 is 1.36 bits per heavy atom. The summed E-state index contributed by atoms with van der Waals surface area (Å²) >= 11 is -0.106. The maximum atomic E-state index is 15.0. The van der Waals surface area contributed by atoms with Gasteiger partial charge >= 0.3 is 40.7 Å². The normalized spacial score (nSPS) is 12.4. The molecule has 0 radical (unpaired) electrons. The summed E-state index contributed by atoms with van der Waals surface area (Å²) in [5.74, 6) is -0.115. The molecule has 0 saturated carbocycles. The number of fused-ring (bicyclic) bond motifs is 3. The molecule has 70 heavy (non-hydrogen) atoms. The molecule has 3 heterocycles. The molecule has 6 nitrogen and oxygen atoms in total. The summed E-state index contributed by atoms with van der Waals surface area (Å²) in [7, 11) is 10.5. The standard InChI is InChI=1S/C22H20FN3O3.2C18H15P.2ClH.Pd/c1-26-21-19(13-6-8-29-9-7-13)24-18-11-17(23)15(12-2-4-14(27)5-3-12)10-16(18)20(21)25-22(26)28;2*1-4-10-16(11-5-1)19(17-12-6-2-7-13-17)18-14-8-3-9-15-18;;;/h2-5,10-11,13,27H,6-9H2,1H3,(H,25,28);2*1-15H;2*1H;/q;;;;;+2/p-2. The number of phenols is 1. The van der Waals surface area contributed by atoms with E-state index < -0.39 is 21.7 Å². The topological polar surface area (TPSA) is 80.1 Å². The quantitative estimate of drug-likeness (QED) is 0.117. The molecule has 10 aromatic rings. The van der Waals surface area contributed by atoms with Crippen molar-refractivity contribution in [1.82, 2.24) is 14.5 Å². The molecule has 0 bridgehead atoms. The number of aromatic amines is 1. The van der Waals surface area contributed by atoms with Gasteiger partial charge in [0.1, 0.15) is 11.6 Å². The number of hydrogen-bond donors (Lipinski definition) is 2. The molecular weight excluding hydrogens is 1040 g/mol. The molecule has 2 aromatic heterocycles. The zero-order valence-electron chi connectivity index (χ0n) is 38.2. The van der Waals surface area contributed by atoms with E-state index in [1.165, 1.54) is 50.0 Å². The minimum atomic E-state index is -0.446. The van der Waals surface area contributed by atoms with Gasteiger partial charge in [-0.25, -0.2) is 9.18 Å². The number of halogens is 3. The number of hydrogen-bond acceptors (Lipinski definition) is 4. The third kappa shape index (κ3) is 12.6. The first-order valence-corrected chi connectivity index (χ1v) is 29.3. The number of aromatic nitrogens is 3. The Labute approximate surface area is 426 Å². The number of imidazole rings is 1. The van der Waals surface area contributed by atoms with E-state index >= 15 is 0 Å². The van der Waals surface area contributed by atoms with Crippen molar-refractivity contribution in [2.24, 2.45) is 7.05 Å². The SMILES string of the molecule is Cn1c(=O)[nH]c2c3cc(-c4ccc(O)cc4)c(F)cc3nc(C3CCOCC3)c21.[Cl][Pd][Cl].c1ccc(P(c2ccccc2)c2ccccc2)cc1.c1ccc(P(c2ccccc2)c2ccccc2)cc1. The van der Waals surface area contributed by atoms with Gasteiger partial charge in [0.05, 0.1) is 22.2 Å². The molecule has 2 N–H and O–H groups in total. The van der Waals surface area contributed by atoms with Crippen molar-refractivity contribution in [1.29, 1.82) is 0 Å². The van der Waals surface area contributed by atoms with Crippen molar-refractivity contribution < 1.29 is 30.2 Å². The number of aryl methyl sites for hydroxylation is 1. The first kappa shape index (κ1) is 50.6. The zero-order valence-corrected chi connectivity index (χ0v) is 43.0. The Hall–Kier alpha value is -5.77. The average Bonchev–Trinajstić information content (AvgIpc) is 3.72. The van der Waals surface area contributed by atoms with Crippen molar-refractivity contribution in [2.45, 2.75) is 18.8 Å².